The Morgan fingerprint density at radius 3 is 2.86 bits per heavy atom. The first-order chi connectivity index (χ1) is 10.1. The summed E-state index contributed by atoms with van der Waals surface area (Å²) in [6.07, 6.45) is 8.76. The van der Waals surface area contributed by atoms with Crippen LogP contribution in [-0.2, 0) is 23.6 Å². The van der Waals surface area contributed by atoms with E-state index in [0.29, 0.717) is 11.3 Å². The van der Waals surface area contributed by atoms with Crippen molar-refractivity contribution in [2.45, 2.75) is 43.0 Å². The molecule has 1 N–H and O–H groups in total. The van der Waals surface area contributed by atoms with E-state index in [9.17, 15) is 8.42 Å². The SMILES string of the molecule is Cn1cc(S(=O)(=O)NCc2cnoc2)c(C2CCCC2)n1. The van der Waals surface area contributed by atoms with Gasteiger partial charge >= 0.3 is 0 Å². The van der Waals surface area contributed by atoms with Gasteiger partial charge in [0, 0.05) is 31.3 Å². The molecule has 1 aliphatic rings. The quantitative estimate of drug-likeness (QED) is 0.904. The van der Waals surface area contributed by atoms with Gasteiger partial charge in [0.15, 0.2) is 0 Å². The molecule has 0 aliphatic heterocycles. The summed E-state index contributed by atoms with van der Waals surface area (Å²) >= 11 is 0. The fourth-order valence-corrected chi connectivity index (χ4v) is 4.03. The van der Waals surface area contributed by atoms with Crippen LogP contribution < -0.4 is 4.72 Å². The average Bonchev–Trinajstić information content (AvgIpc) is 3.17. The van der Waals surface area contributed by atoms with Gasteiger partial charge in [0.1, 0.15) is 11.2 Å². The standard InChI is InChI=1S/C13H18N4O3S/c1-17-8-12(13(16-17)11-4-2-3-5-11)21(18,19)15-7-10-6-14-20-9-10/h6,8-9,11,15H,2-5,7H2,1H3. The second-order valence-corrected chi connectivity index (χ2v) is 7.13. The minimum absolute atomic E-state index is 0.158. The van der Waals surface area contributed by atoms with Crippen LogP contribution in [0.25, 0.3) is 0 Å². The minimum atomic E-state index is -3.59. The summed E-state index contributed by atoms with van der Waals surface area (Å²) in [6, 6.07) is 0. The predicted octanol–water partition coefficient (Wildman–Crippen LogP) is 1.54. The zero-order valence-electron chi connectivity index (χ0n) is 11.8. The van der Waals surface area contributed by atoms with E-state index in [2.05, 4.69) is 15.0 Å². The zero-order chi connectivity index (χ0) is 14.9. The number of rotatable bonds is 5. The van der Waals surface area contributed by atoms with Crippen molar-refractivity contribution in [1.82, 2.24) is 19.7 Å². The van der Waals surface area contributed by atoms with Crippen LogP contribution >= 0.6 is 0 Å². The van der Waals surface area contributed by atoms with Crippen molar-refractivity contribution in [1.29, 1.82) is 0 Å². The highest BCUT2D eigenvalue weighted by atomic mass is 32.2. The van der Waals surface area contributed by atoms with E-state index in [-0.39, 0.29) is 17.4 Å². The lowest BCUT2D eigenvalue weighted by atomic mass is 10.1. The Kier molecular flexibility index (Phi) is 3.81. The van der Waals surface area contributed by atoms with Gasteiger partial charge in [-0.3, -0.25) is 4.68 Å². The number of aryl methyl sites for hydroxylation is 1. The first-order valence-electron chi connectivity index (χ1n) is 6.98. The molecule has 0 spiro atoms. The van der Waals surface area contributed by atoms with Gasteiger partial charge < -0.3 is 4.52 Å². The molecule has 1 aliphatic carbocycles. The maximum atomic E-state index is 12.5. The summed E-state index contributed by atoms with van der Waals surface area (Å²) in [5, 5.41) is 7.92. The van der Waals surface area contributed by atoms with Gasteiger partial charge in [-0.1, -0.05) is 18.0 Å². The highest BCUT2D eigenvalue weighted by Gasteiger charge is 2.29. The molecule has 7 nitrogen and oxygen atoms in total. The molecular weight excluding hydrogens is 292 g/mol. The van der Waals surface area contributed by atoms with Gasteiger partial charge in [-0.2, -0.15) is 5.10 Å². The normalized spacial score (nSPS) is 16.6. The molecule has 2 aromatic heterocycles. The van der Waals surface area contributed by atoms with Crippen LogP contribution in [-0.4, -0.2) is 23.4 Å². The van der Waals surface area contributed by atoms with Crippen LogP contribution in [0, 0.1) is 0 Å². The molecule has 0 bridgehead atoms. The number of hydrogen-bond donors (Lipinski definition) is 1. The van der Waals surface area contributed by atoms with Gasteiger partial charge in [-0.05, 0) is 12.8 Å². The first-order valence-corrected chi connectivity index (χ1v) is 8.46. The molecule has 3 rings (SSSR count). The monoisotopic (exact) mass is 310 g/mol. The third-order valence-corrected chi connectivity index (χ3v) is 5.22. The number of nitrogens with zero attached hydrogens (tertiary/aromatic N) is 3. The van der Waals surface area contributed by atoms with Crippen LogP contribution in [0.4, 0.5) is 0 Å². The highest BCUT2D eigenvalue weighted by molar-refractivity contribution is 7.89. The molecule has 0 radical (unpaired) electrons. The summed E-state index contributed by atoms with van der Waals surface area (Å²) in [7, 11) is -1.84. The topological polar surface area (TPSA) is 90.0 Å². The van der Waals surface area contributed by atoms with E-state index in [1.54, 1.807) is 17.9 Å². The molecule has 2 aromatic rings. The lowest BCUT2D eigenvalue weighted by Gasteiger charge is -2.09. The third kappa shape index (κ3) is 3.01. The van der Waals surface area contributed by atoms with E-state index in [0.717, 1.165) is 25.7 Å². The molecule has 114 valence electrons. The van der Waals surface area contributed by atoms with Crippen LogP contribution in [0.5, 0.6) is 0 Å². The molecule has 1 fully saturated rings. The fraction of sp³-hybridized carbons (Fsp3) is 0.538. The lowest BCUT2D eigenvalue weighted by molar-refractivity contribution is 0.419. The molecule has 0 atom stereocenters. The highest BCUT2D eigenvalue weighted by Crippen LogP contribution is 2.36. The van der Waals surface area contributed by atoms with Gasteiger partial charge in [0.05, 0.1) is 11.9 Å². The second-order valence-electron chi connectivity index (χ2n) is 5.39. The molecule has 0 aromatic carbocycles. The average molecular weight is 310 g/mol. The Morgan fingerprint density at radius 2 is 2.19 bits per heavy atom. The number of hydrogen-bond acceptors (Lipinski definition) is 5. The third-order valence-electron chi connectivity index (χ3n) is 3.80. The van der Waals surface area contributed by atoms with Crippen molar-refractivity contribution < 1.29 is 12.9 Å². The summed E-state index contributed by atoms with van der Waals surface area (Å²) in [6.45, 7) is 0.158. The van der Waals surface area contributed by atoms with Gasteiger partial charge in [-0.25, -0.2) is 13.1 Å². The van der Waals surface area contributed by atoms with E-state index in [1.165, 1.54) is 12.5 Å². The van der Waals surface area contributed by atoms with Crippen LogP contribution in [0.3, 0.4) is 0 Å². The fourth-order valence-electron chi connectivity index (χ4n) is 2.74. The lowest BCUT2D eigenvalue weighted by Crippen LogP contribution is -2.24. The Bertz CT molecular complexity index is 700. The van der Waals surface area contributed by atoms with Crippen molar-refractivity contribution in [2.24, 2.45) is 7.05 Å². The first kappa shape index (κ1) is 14.3. The molecule has 1 saturated carbocycles. The second kappa shape index (κ2) is 5.61. The van der Waals surface area contributed by atoms with E-state index < -0.39 is 10.0 Å². The van der Waals surface area contributed by atoms with Crippen LogP contribution in [0.15, 0.2) is 28.1 Å². The smallest absolute Gasteiger partial charge is 0.244 e. The summed E-state index contributed by atoms with van der Waals surface area (Å²) in [4.78, 5) is 0.286. The molecule has 0 amide bonds. The van der Waals surface area contributed by atoms with E-state index in [1.807, 2.05) is 0 Å². The largest absolute Gasteiger partial charge is 0.364 e. The van der Waals surface area contributed by atoms with Crippen molar-refractivity contribution in [2.75, 3.05) is 0 Å². The van der Waals surface area contributed by atoms with Crippen LogP contribution in [0.1, 0.15) is 42.9 Å². The summed E-state index contributed by atoms with van der Waals surface area (Å²) < 4.78 is 33.8. The Labute approximate surface area is 123 Å². The van der Waals surface area contributed by atoms with Crippen molar-refractivity contribution >= 4 is 10.0 Å². The molecule has 2 heterocycles. The number of nitrogens with one attached hydrogen (secondary N) is 1. The molecule has 0 unspecified atom stereocenters. The predicted molar refractivity (Wildman–Crippen MR) is 74.9 cm³/mol. The van der Waals surface area contributed by atoms with Gasteiger partial charge in [0.2, 0.25) is 10.0 Å². The molecule has 0 saturated heterocycles. The molecule has 8 heteroatoms. The van der Waals surface area contributed by atoms with Crippen molar-refractivity contribution in [3.63, 3.8) is 0 Å². The Hall–Kier alpha value is -1.67. The van der Waals surface area contributed by atoms with Gasteiger partial charge in [0.25, 0.3) is 0 Å². The van der Waals surface area contributed by atoms with Gasteiger partial charge in [-0.15, -0.1) is 0 Å². The molecular formula is C13H18N4O3S. The number of aromatic nitrogens is 3. The Morgan fingerprint density at radius 1 is 1.43 bits per heavy atom. The van der Waals surface area contributed by atoms with Crippen LogP contribution in [0.2, 0.25) is 0 Å². The van der Waals surface area contributed by atoms with E-state index in [4.69, 9.17) is 4.52 Å². The summed E-state index contributed by atoms with van der Waals surface area (Å²) in [5.74, 6) is 0.244. The Balaban J connectivity index is 1.84. The maximum Gasteiger partial charge on any atom is 0.244 e. The maximum absolute atomic E-state index is 12.5. The van der Waals surface area contributed by atoms with Crippen molar-refractivity contribution in [3.8, 4) is 0 Å². The molecule has 21 heavy (non-hydrogen) atoms. The van der Waals surface area contributed by atoms with Crippen molar-refractivity contribution in [3.05, 3.63) is 29.9 Å². The van der Waals surface area contributed by atoms with E-state index >= 15 is 0 Å². The summed E-state index contributed by atoms with van der Waals surface area (Å²) in [5.41, 5.74) is 1.37. The zero-order valence-corrected chi connectivity index (χ0v) is 12.6. The minimum Gasteiger partial charge on any atom is -0.364 e. The number of sulfonamides is 1.